The van der Waals surface area contributed by atoms with Crippen molar-refractivity contribution in [1.82, 2.24) is 4.90 Å². The largest absolute Gasteiger partial charge is 0.358 e. The second-order valence-electron chi connectivity index (χ2n) is 8.85. The van der Waals surface area contributed by atoms with Crippen LogP contribution in [0.4, 0.5) is 11.4 Å². The average Bonchev–Trinajstić information content (AvgIpc) is 3.36. The highest BCUT2D eigenvalue weighted by Crippen LogP contribution is 2.53. The highest BCUT2D eigenvalue weighted by Gasteiger charge is 2.64. The van der Waals surface area contributed by atoms with E-state index in [2.05, 4.69) is 0 Å². The van der Waals surface area contributed by atoms with Crippen LogP contribution in [0.1, 0.15) is 27.5 Å². The SMILES string of the molecule is O=C(c1ccccc1)[C@@H]1[C@@H]2C(=O)N(c3cccc([N+](=O)[O-])c3)C(=O)[C@H]2[C@@H]2c3ccccc3C=CN12. The molecule has 0 N–H and O–H groups in total. The van der Waals surface area contributed by atoms with E-state index in [1.165, 1.54) is 24.3 Å². The van der Waals surface area contributed by atoms with Crippen LogP contribution in [0.3, 0.4) is 0 Å². The van der Waals surface area contributed by atoms with E-state index in [0.29, 0.717) is 5.56 Å². The van der Waals surface area contributed by atoms with Gasteiger partial charge in [0, 0.05) is 23.9 Å². The van der Waals surface area contributed by atoms with Crippen LogP contribution in [0.15, 0.2) is 85.1 Å². The Bertz CT molecular complexity index is 1430. The third kappa shape index (κ3) is 3.03. The molecule has 0 saturated carbocycles. The summed E-state index contributed by atoms with van der Waals surface area (Å²) in [6.45, 7) is 0. The Balaban J connectivity index is 1.50. The molecule has 0 unspecified atom stereocenters. The molecule has 3 aliphatic rings. The second-order valence-corrected chi connectivity index (χ2v) is 8.85. The van der Waals surface area contributed by atoms with E-state index in [4.69, 9.17) is 0 Å². The molecule has 3 aliphatic heterocycles. The molecule has 0 aromatic heterocycles. The van der Waals surface area contributed by atoms with Gasteiger partial charge in [-0.1, -0.05) is 60.7 Å². The van der Waals surface area contributed by atoms with Gasteiger partial charge in [0.15, 0.2) is 5.78 Å². The molecule has 0 bridgehead atoms. The molecule has 35 heavy (non-hydrogen) atoms. The van der Waals surface area contributed by atoms with Crippen molar-refractivity contribution in [2.75, 3.05) is 4.90 Å². The van der Waals surface area contributed by atoms with Crippen LogP contribution >= 0.6 is 0 Å². The van der Waals surface area contributed by atoms with E-state index in [0.717, 1.165) is 16.0 Å². The van der Waals surface area contributed by atoms with Gasteiger partial charge in [-0.15, -0.1) is 0 Å². The summed E-state index contributed by atoms with van der Waals surface area (Å²) in [5.74, 6) is -2.94. The van der Waals surface area contributed by atoms with Crippen molar-refractivity contribution >= 4 is 35.0 Å². The Morgan fingerprint density at radius 2 is 1.57 bits per heavy atom. The van der Waals surface area contributed by atoms with Gasteiger partial charge in [0.2, 0.25) is 11.8 Å². The van der Waals surface area contributed by atoms with E-state index in [-0.39, 0.29) is 17.2 Å². The quantitative estimate of drug-likeness (QED) is 0.250. The van der Waals surface area contributed by atoms with Crippen LogP contribution in [0.5, 0.6) is 0 Å². The number of anilines is 1. The minimum Gasteiger partial charge on any atom is -0.358 e. The summed E-state index contributed by atoms with van der Waals surface area (Å²) >= 11 is 0. The number of amides is 2. The number of hydrogen-bond donors (Lipinski definition) is 0. The molecule has 3 aromatic rings. The summed E-state index contributed by atoms with van der Waals surface area (Å²) in [5, 5.41) is 11.3. The van der Waals surface area contributed by atoms with Crippen LogP contribution in [0, 0.1) is 22.0 Å². The number of carbonyl (C=O) groups excluding carboxylic acids is 3. The molecule has 2 fully saturated rings. The fourth-order valence-corrected chi connectivity index (χ4v) is 5.63. The van der Waals surface area contributed by atoms with Gasteiger partial charge in [0.25, 0.3) is 5.69 Å². The van der Waals surface area contributed by atoms with Gasteiger partial charge in [0.1, 0.15) is 6.04 Å². The Morgan fingerprint density at radius 1 is 0.857 bits per heavy atom. The molecule has 0 spiro atoms. The summed E-state index contributed by atoms with van der Waals surface area (Å²) in [6.07, 6.45) is 3.69. The first-order valence-corrected chi connectivity index (χ1v) is 11.2. The molecule has 8 nitrogen and oxygen atoms in total. The summed E-state index contributed by atoms with van der Waals surface area (Å²) in [7, 11) is 0. The number of nitrogens with zero attached hydrogens (tertiary/aromatic N) is 3. The van der Waals surface area contributed by atoms with E-state index in [1.807, 2.05) is 41.3 Å². The van der Waals surface area contributed by atoms with Crippen molar-refractivity contribution in [3.8, 4) is 0 Å². The molecule has 6 rings (SSSR count). The van der Waals surface area contributed by atoms with Crippen molar-refractivity contribution < 1.29 is 19.3 Å². The van der Waals surface area contributed by atoms with Crippen LogP contribution in [-0.4, -0.2) is 33.5 Å². The fraction of sp³-hybridized carbons (Fsp3) is 0.148. The number of imide groups is 1. The first-order valence-electron chi connectivity index (χ1n) is 11.2. The van der Waals surface area contributed by atoms with Gasteiger partial charge < -0.3 is 4.90 Å². The normalized spacial score (nSPS) is 24.2. The number of hydrogen-bond acceptors (Lipinski definition) is 6. The fourth-order valence-electron chi connectivity index (χ4n) is 5.63. The summed E-state index contributed by atoms with van der Waals surface area (Å²) < 4.78 is 0. The average molecular weight is 465 g/mol. The third-order valence-electron chi connectivity index (χ3n) is 7.09. The van der Waals surface area contributed by atoms with Crippen LogP contribution in [0.25, 0.3) is 6.08 Å². The number of fused-ring (bicyclic) bond motifs is 5. The molecule has 8 heteroatoms. The minimum atomic E-state index is -0.921. The maximum Gasteiger partial charge on any atom is 0.271 e. The van der Waals surface area contributed by atoms with E-state index < -0.39 is 40.7 Å². The van der Waals surface area contributed by atoms with Crippen LogP contribution < -0.4 is 4.90 Å². The number of non-ortho nitro benzene ring substituents is 1. The van der Waals surface area contributed by atoms with Gasteiger partial charge in [-0.05, 0) is 23.3 Å². The number of Topliss-reactive ketones (excluding diaryl/α,β-unsaturated/α-hetero) is 1. The maximum atomic E-state index is 13.8. The lowest BCUT2D eigenvalue weighted by Crippen LogP contribution is -2.44. The predicted molar refractivity (Wildman–Crippen MR) is 127 cm³/mol. The zero-order chi connectivity index (χ0) is 24.3. The number of carbonyl (C=O) groups is 3. The van der Waals surface area contributed by atoms with Crippen molar-refractivity contribution in [3.05, 3.63) is 112 Å². The number of rotatable bonds is 4. The molecular formula is C27H19N3O5. The van der Waals surface area contributed by atoms with Crippen LogP contribution in [0.2, 0.25) is 0 Å². The maximum absolute atomic E-state index is 13.8. The summed E-state index contributed by atoms with van der Waals surface area (Å²) in [4.78, 5) is 55.0. The van der Waals surface area contributed by atoms with Crippen molar-refractivity contribution in [2.45, 2.75) is 12.1 Å². The lowest BCUT2D eigenvalue weighted by molar-refractivity contribution is -0.384. The molecule has 3 aromatic carbocycles. The summed E-state index contributed by atoms with van der Waals surface area (Å²) in [5.41, 5.74) is 2.17. The molecule has 2 saturated heterocycles. The molecular weight excluding hydrogens is 446 g/mol. The molecule has 0 radical (unpaired) electrons. The monoisotopic (exact) mass is 465 g/mol. The van der Waals surface area contributed by atoms with Crippen molar-refractivity contribution in [2.24, 2.45) is 11.8 Å². The van der Waals surface area contributed by atoms with Crippen molar-refractivity contribution in [1.29, 1.82) is 0 Å². The number of nitro groups is 1. The number of ketones is 1. The summed E-state index contributed by atoms with van der Waals surface area (Å²) in [6, 6.07) is 20.4. The van der Waals surface area contributed by atoms with E-state index in [9.17, 15) is 24.5 Å². The van der Waals surface area contributed by atoms with Gasteiger partial charge in [0.05, 0.1) is 28.5 Å². The lowest BCUT2D eigenvalue weighted by Gasteiger charge is -2.35. The zero-order valence-corrected chi connectivity index (χ0v) is 18.4. The van der Waals surface area contributed by atoms with Gasteiger partial charge in [-0.2, -0.15) is 0 Å². The predicted octanol–water partition coefficient (Wildman–Crippen LogP) is 3.99. The standard InChI is InChI=1S/C27H19N3O5/c31-25(17-8-2-1-3-9-17)24-22-21(23-20-12-5-4-7-16(20)13-14-28(23)24)26(32)29(27(22)33)18-10-6-11-19(15-18)30(34)35/h1-15,21-24H/t21-,22-,23+,24+/m1/s1. The molecule has 0 aliphatic carbocycles. The highest BCUT2D eigenvalue weighted by atomic mass is 16.6. The minimum absolute atomic E-state index is 0.140. The molecule has 2 amide bonds. The first-order chi connectivity index (χ1) is 17.0. The Labute approximate surface area is 200 Å². The van der Waals surface area contributed by atoms with Gasteiger partial charge in [-0.25, -0.2) is 4.90 Å². The zero-order valence-electron chi connectivity index (χ0n) is 18.4. The highest BCUT2D eigenvalue weighted by molar-refractivity contribution is 6.24. The van der Waals surface area contributed by atoms with Crippen LogP contribution in [-0.2, 0) is 9.59 Å². The number of nitro benzene ring substituents is 1. The molecule has 172 valence electrons. The smallest absolute Gasteiger partial charge is 0.271 e. The van der Waals surface area contributed by atoms with E-state index in [1.54, 1.807) is 30.5 Å². The lowest BCUT2D eigenvalue weighted by atomic mass is 9.83. The molecule has 3 heterocycles. The van der Waals surface area contributed by atoms with E-state index >= 15 is 0 Å². The number of benzene rings is 3. The Morgan fingerprint density at radius 3 is 2.34 bits per heavy atom. The van der Waals surface area contributed by atoms with Gasteiger partial charge in [-0.3, -0.25) is 24.5 Å². The molecule has 4 atom stereocenters. The van der Waals surface area contributed by atoms with Crippen molar-refractivity contribution in [3.63, 3.8) is 0 Å². The Kier molecular flexibility index (Phi) is 4.63. The van der Waals surface area contributed by atoms with Gasteiger partial charge >= 0.3 is 0 Å². The third-order valence-corrected chi connectivity index (χ3v) is 7.09. The first kappa shape index (κ1) is 21.0. The second kappa shape index (κ2) is 7.73. The topological polar surface area (TPSA) is 101 Å². The Hall–Kier alpha value is -4.59.